The summed E-state index contributed by atoms with van der Waals surface area (Å²) in [5.74, 6) is -0.138. The van der Waals surface area contributed by atoms with Crippen LogP contribution in [0, 0.1) is 5.82 Å². The minimum absolute atomic E-state index is 0.138. The molecule has 2 nitrogen and oxygen atoms in total. The highest BCUT2D eigenvalue weighted by Crippen LogP contribution is 2.22. The molecule has 1 heterocycles. The molecule has 0 saturated carbocycles. The Kier molecular flexibility index (Phi) is 4.72. The zero-order chi connectivity index (χ0) is 13.0. The van der Waals surface area contributed by atoms with Gasteiger partial charge in [0.25, 0.3) is 0 Å². The molecule has 1 aliphatic heterocycles. The van der Waals surface area contributed by atoms with Crippen molar-refractivity contribution in [2.45, 2.75) is 38.8 Å². The summed E-state index contributed by atoms with van der Waals surface area (Å²) in [7, 11) is 0. The maximum atomic E-state index is 13.3. The van der Waals surface area contributed by atoms with Crippen molar-refractivity contribution in [2.75, 3.05) is 19.6 Å². The van der Waals surface area contributed by atoms with Crippen LogP contribution in [0.3, 0.4) is 0 Å². The lowest BCUT2D eigenvalue weighted by molar-refractivity contribution is 0.184. The van der Waals surface area contributed by atoms with Crippen LogP contribution in [0.1, 0.15) is 38.3 Å². The molecule has 1 aliphatic rings. The molecule has 3 heteroatoms. The van der Waals surface area contributed by atoms with Crippen LogP contribution in [0.25, 0.3) is 0 Å². The Morgan fingerprint density at radius 2 is 2.22 bits per heavy atom. The van der Waals surface area contributed by atoms with Gasteiger partial charge in [0.1, 0.15) is 5.82 Å². The number of nitrogens with zero attached hydrogens (tertiary/aromatic N) is 1. The molecule has 0 bridgehead atoms. The maximum absolute atomic E-state index is 13.3. The molecular weight excluding hydrogens is 227 g/mol. The van der Waals surface area contributed by atoms with Gasteiger partial charge in [-0.15, -0.1) is 0 Å². The molecule has 1 N–H and O–H groups in total. The van der Waals surface area contributed by atoms with Gasteiger partial charge >= 0.3 is 0 Å². The van der Waals surface area contributed by atoms with Crippen molar-refractivity contribution in [2.24, 2.45) is 0 Å². The Morgan fingerprint density at radius 3 is 3.00 bits per heavy atom. The number of nitrogens with one attached hydrogen (secondary N) is 1. The Labute approximate surface area is 109 Å². The zero-order valence-electron chi connectivity index (χ0n) is 11.3. The van der Waals surface area contributed by atoms with E-state index in [9.17, 15) is 4.39 Å². The summed E-state index contributed by atoms with van der Waals surface area (Å²) in [4.78, 5) is 2.46. The number of benzene rings is 1. The fourth-order valence-corrected chi connectivity index (χ4v) is 2.57. The smallest absolute Gasteiger partial charge is 0.123 e. The van der Waals surface area contributed by atoms with Crippen LogP contribution in [0.15, 0.2) is 24.3 Å². The first-order valence-corrected chi connectivity index (χ1v) is 6.89. The van der Waals surface area contributed by atoms with Crippen molar-refractivity contribution in [1.29, 1.82) is 0 Å². The summed E-state index contributed by atoms with van der Waals surface area (Å²) < 4.78 is 13.3. The molecule has 0 spiro atoms. The quantitative estimate of drug-likeness (QED) is 0.868. The lowest BCUT2D eigenvalue weighted by Crippen LogP contribution is -2.39. The van der Waals surface area contributed by atoms with Crippen LogP contribution in [0.2, 0.25) is 0 Å². The van der Waals surface area contributed by atoms with Crippen molar-refractivity contribution >= 4 is 0 Å². The van der Waals surface area contributed by atoms with E-state index in [1.807, 2.05) is 6.07 Å². The average molecular weight is 250 g/mol. The third kappa shape index (κ3) is 3.53. The monoisotopic (exact) mass is 250 g/mol. The SMILES string of the molecule is CC1CCN(C(C)c2cccc(F)c2)CCCN1. The minimum atomic E-state index is -0.138. The second-order valence-electron chi connectivity index (χ2n) is 5.26. The topological polar surface area (TPSA) is 15.3 Å². The van der Waals surface area contributed by atoms with Gasteiger partial charge in [-0.2, -0.15) is 0 Å². The summed E-state index contributed by atoms with van der Waals surface area (Å²) in [6.07, 6.45) is 2.31. The third-order valence-electron chi connectivity index (χ3n) is 3.84. The van der Waals surface area contributed by atoms with E-state index in [0.29, 0.717) is 12.1 Å². The molecule has 2 rings (SSSR count). The van der Waals surface area contributed by atoms with Gasteiger partial charge in [-0.3, -0.25) is 4.90 Å². The maximum Gasteiger partial charge on any atom is 0.123 e. The first-order chi connectivity index (χ1) is 8.66. The fourth-order valence-electron chi connectivity index (χ4n) is 2.57. The van der Waals surface area contributed by atoms with Crippen LogP contribution in [0.4, 0.5) is 4.39 Å². The molecule has 1 aromatic rings. The van der Waals surface area contributed by atoms with Gasteiger partial charge < -0.3 is 5.32 Å². The molecule has 0 amide bonds. The molecule has 2 atom stereocenters. The Hall–Kier alpha value is -0.930. The zero-order valence-corrected chi connectivity index (χ0v) is 11.3. The van der Waals surface area contributed by atoms with Crippen LogP contribution in [-0.4, -0.2) is 30.6 Å². The molecule has 0 aromatic heterocycles. The van der Waals surface area contributed by atoms with Crippen molar-refractivity contribution in [3.63, 3.8) is 0 Å². The van der Waals surface area contributed by atoms with Gasteiger partial charge in [0, 0.05) is 18.6 Å². The summed E-state index contributed by atoms with van der Waals surface area (Å²) in [6, 6.07) is 7.86. The van der Waals surface area contributed by atoms with Crippen molar-refractivity contribution in [1.82, 2.24) is 10.2 Å². The Morgan fingerprint density at radius 1 is 1.39 bits per heavy atom. The highest BCUT2D eigenvalue weighted by molar-refractivity contribution is 5.19. The molecule has 1 saturated heterocycles. The van der Waals surface area contributed by atoms with Crippen LogP contribution >= 0.6 is 0 Å². The molecular formula is C15H23FN2. The molecule has 18 heavy (non-hydrogen) atoms. The Balaban J connectivity index is 2.04. The number of hydrogen-bond donors (Lipinski definition) is 1. The van der Waals surface area contributed by atoms with E-state index in [-0.39, 0.29) is 5.82 Å². The van der Waals surface area contributed by atoms with Crippen LogP contribution < -0.4 is 5.32 Å². The van der Waals surface area contributed by atoms with Gasteiger partial charge in [-0.25, -0.2) is 4.39 Å². The van der Waals surface area contributed by atoms with E-state index in [0.717, 1.165) is 38.0 Å². The second-order valence-corrected chi connectivity index (χ2v) is 5.26. The molecule has 2 unspecified atom stereocenters. The highest BCUT2D eigenvalue weighted by Gasteiger charge is 2.18. The van der Waals surface area contributed by atoms with E-state index in [2.05, 4.69) is 24.1 Å². The minimum Gasteiger partial charge on any atom is -0.314 e. The van der Waals surface area contributed by atoms with E-state index in [4.69, 9.17) is 0 Å². The first kappa shape index (κ1) is 13.5. The molecule has 0 radical (unpaired) electrons. The van der Waals surface area contributed by atoms with E-state index in [1.165, 1.54) is 6.07 Å². The second kappa shape index (κ2) is 6.30. The lowest BCUT2D eigenvalue weighted by atomic mass is 10.0. The summed E-state index contributed by atoms with van der Waals surface area (Å²) in [5, 5.41) is 3.51. The van der Waals surface area contributed by atoms with Gasteiger partial charge in [0.15, 0.2) is 0 Å². The van der Waals surface area contributed by atoms with E-state index in [1.54, 1.807) is 12.1 Å². The number of rotatable bonds is 2. The lowest BCUT2D eigenvalue weighted by Gasteiger charge is -2.32. The molecule has 100 valence electrons. The van der Waals surface area contributed by atoms with Crippen molar-refractivity contribution in [3.8, 4) is 0 Å². The van der Waals surface area contributed by atoms with Crippen LogP contribution in [-0.2, 0) is 0 Å². The third-order valence-corrected chi connectivity index (χ3v) is 3.84. The standard InChI is InChI=1S/C15H23FN2/c1-12-7-10-18(9-4-8-17-12)13(2)14-5-3-6-15(16)11-14/h3,5-6,11-13,17H,4,7-10H2,1-2H3. The highest BCUT2D eigenvalue weighted by atomic mass is 19.1. The predicted molar refractivity (Wildman–Crippen MR) is 73.1 cm³/mol. The van der Waals surface area contributed by atoms with Crippen molar-refractivity contribution in [3.05, 3.63) is 35.6 Å². The predicted octanol–water partition coefficient (Wildman–Crippen LogP) is 2.96. The van der Waals surface area contributed by atoms with Gasteiger partial charge in [0.2, 0.25) is 0 Å². The molecule has 0 aliphatic carbocycles. The average Bonchev–Trinajstić information content (AvgIpc) is 2.34. The van der Waals surface area contributed by atoms with Gasteiger partial charge in [0.05, 0.1) is 0 Å². The molecule has 1 aromatic carbocycles. The fraction of sp³-hybridized carbons (Fsp3) is 0.600. The number of hydrogen-bond acceptors (Lipinski definition) is 2. The molecule has 1 fully saturated rings. The Bertz CT molecular complexity index is 381. The summed E-state index contributed by atoms with van der Waals surface area (Å²) in [6.45, 7) is 7.64. The van der Waals surface area contributed by atoms with E-state index >= 15 is 0 Å². The van der Waals surface area contributed by atoms with Crippen LogP contribution in [0.5, 0.6) is 0 Å². The normalized spacial score (nSPS) is 24.3. The number of halogens is 1. The van der Waals surface area contributed by atoms with E-state index < -0.39 is 0 Å². The van der Waals surface area contributed by atoms with Gasteiger partial charge in [-0.1, -0.05) is 12.1 Å². The summed E-state index contributed by atoms with van der Waals surface area (Å²) >= 11 is 0. The van der Waals surface area contributed by atoms with Gasteiger partial charge in [-0.05, 0) is 57.5 Å². The first-order valence-electron chi connectivity index (χ1n) is 6.89. The largest absolute Gasteiger partial charge is 0.314 e. The van der Waals surface area contributed by atoms with Crippen molar-refractivity contribution < 1.29 is 4.39 Å². The summed E-state index contributed by atoms with van der Waals surface area (Å²) in [5.41, 5.74) is 1.08.